The average molecular weight is 455 g/mol. The van der Waals surface area contributed by atoms with Crippen molar-refractivity contribution in [2.45, 2.75) is 20.4 Å². The van der Waals surface area contributed by atoms with Crippen molar-refractivity contribution in [3.63, 3.8) is 0 Å². The summed E-state index contributed by atoms with van der Waals surface area (Å²) in [5.41, 5.74) is 3.71. The molecule has 0 saturated carbocycles. The Labute approximate surface area is 194 Å². The number of carbonyl (C=O) groups excluding carboxylic acids is 1. The van der Waals surface area contributed by atoms with Crippen molar-refractivity contribution in [3.8, 4) is 22.5 Å². The number of ether oxygens (including phenoxy) is 1. The molecular weight excluding hydrogens is 434 g/mol. The molecule has 0 aliphatic heterocycles. The van der Waals surface area contributed by atoms with Gasteiger partial charge in [0.05, 0.1) is 24.2 Å². The lowest BCUT2D eigenvalue weighted by Gasteiger charge is -2.08. The van der Waals surface area contributed by atoms with Crippen LogP contribution in [-0.2, 0) is 11.3 Å². The molecule has 0 fully saturated rings. The quantitative estimate of drug-likeness (QED) is 0.396. The van der Waals surface area contributed by atoms with Gasteiger partial charge in [-0.05, 0) is 37.6 Å². The van der Waals surface area contributed by atoms with Crippen LogP contribution in [0, 0.1) is 6.92 Å². The van der Waals surface area contributed by atoms with Gasteiger partial charge < -0.3 is 14.3 Å². The van der Waals surface area contributed by atoms with Crippen LogP contribution in [0.25, 0.3) is 33.5 Å². The summed E-state index contributed by atoms with van der Waals surface area (Å²) < 4.78 is 6.93. The van der Waals surface area contributed by atoms with E-state index in [1.165, 1.54) is 0 Å². The molecule has 5 rings (SSSR count). The van der Waals surface area contributed by atoms with Crippen LogP contribution >= 0.6 is 0 Å². The molecule has 4 aromatic heterocycles. The molecule has 0 radical (unpaired) electrons. The number of H-pyrrole nitrogens is 1. The maximum absolute atomic E-state index is 11.9. The number of rotatable bonds is 6. The van der Waals surface area contributed by atoms with Crippen molar-refractivity contribution in [2.75, 3.05) is 11.9 Å². The number of hydrogen-bond donors (Lipinski definition) is 2. The number of aromatic amines is 1. The second kappa shape index (κ2) is 9.06. The Kier molecular flexibility index (Phi) is 5.65. The highest BCUT2D eigenvalue weighted by Crippen LogP contribution is 2.32. The van der Waals surface area contributed by atoms with Crippen molar-refractivity contribution in [2.24, 2.45) is 0 Å². The van der Waals surface area contributed by atoms with E-state index in [1.54, 1.807) is 44.0 Å². The number of nitrogens with one attached hydrogen (secondary N) is 2. The molecule has 170 valence electrons. The number of anilines is 1. The molecule has 4 heterocycles. The first-order chi connectivity index (χ1) is 16.6. The molecule has 0 saturated heterocycles. The fourth-order valence-electron chi connectivity index (χ4n) is 3.53. The third-order valence-electron chi connectivity index (χ3n) is 5.17. The predicted molar refractivity (Wildman–Crippen MR) is 125 cm³/mol. The van der Waals surface area contributed by atoms with E-state index < -0.39 is 6.09 Å². The second-order valence-electron chi connectivity index (χ2n) is 7.41. The normalized spacial score (nSPS) is 11.0. The molecule has 0 aliphatic carbocycles. The van der Waals surface area contributed by atoms with Crippen LogP contribution in [-0.4, -0.2) is 52.2 Å². The lowest BCUT2D eigenvalue weighted by Crippen LogP contribution is -2.14. The van der Waals surface area contributed by atoms with Crippen LogP contribution in [0.1, 0.15) is 18.6 Å². The zero-order valence-electron chi connectivity index (χ0n) is 18.6. The molecule has 11 heteroatoms. The molecule has 2 N–H and O–H groups in total. The van der Waals surface area contributed by atoms with E-state index in [4.69, 9.17) is 4.74 Å². The van der Waals surface area contributed by atoms with Gasteiger partial charge >= 0.3 is 6.09 Å². The first-order valence-electron chi connectivity index (χ1n) is 10.6. The molecule has 1 aromatic carbocycles. The van der Waals surface area contributed by atoms with Gasteiger partial charge in [-0.25, -0.2) is 34.7 Å². The first-order valence-corrected chi connectivity index (χ1v) is 10.6. The summed E-state index contributed by atoms with van der Waals surface area (Å²) in [5, 5.41) is 2.60. The summed E-state index contributed by atoms with van der Waals surface area (Å²) >= 11 is 0. The number of aryl methyl sites for hydroxylation is 1. The highest BCUT2D eigenvalue weighted by atomic mass is 16.5. The van der Waals surface area contributed by atoms with Gasteiger partial charge in [0.2, 0.25) is 5.95 Å². The Hall–Kier alpha value is -4.67. The van der Waals surface area contributed by atoms with Crippen LogP contribution in [0.2, 0.25) is 0 Å². The van der Waals surface area contributed by atoms with Crippen molar-refractivity contribution >= 4 is 23.1 Å². The summed E-state index contributed by atoms with van der Waals surface area (Å²) in [7, 11) is 0. The summed E-state index contributed by atoms with van der Waals surface area (Å²) in [6.07, 6.45) is 9.95. The largest absolute Gasteiger partial charge is 0.450 e. The monoisotopic (exact) mass is 455 g/mol. The maximum atomic E-state index is 11.9. The number of nitrogens with zero attached hydrogens (tertiary/aromatic N) is 7. The fraction of sp³-hybridized carbons (Fsp3) is 0.174. The predicted octanol–water partition coefficient (Wildman–Crippen LogP) is 3.60. The number of fused-ring (bicyclic) bond motifs is 1. The Balaban J connectivity index is 1.53. The minimum absolute atomic E-state index is 0.260. The average Bonchev–Trinajstić information content (AvgIpc) is 3.44. The van der Waals surface area contributed by atoms with Crippen LogP contribution < -0.4 is 5.32 Å². The number of imidazole rings is 2. The maximum Gasteiger partial charge on any atom is 0.413 e. The Morgan fingerprint density at radius 2 is 1.85 bits per heavy atom. The van der Waals surface area contributed by atoms with E-state index in [1.807, 2.05) is 29.8 Å². The minimum atomic E-state index is -0.587. The van der Waals surface area contributed by atoms with E-state index in [2.05, 4.69) is 40.2 Å². The van der Waals surface area contributed by atoms with Gasteiger partial charge in [0, 0.05) is 48.3 Å². The van der Waals surface area contributed by atoms with Crippen LogP contribution in [0.3, 0.4) is 0 Å². The number of hydrogen-bond acceptors (Lipinski definition) is 8. The molecule has 0 atom stereocenters. The third kappa shape index (κ3) is 4.31. The standard InChI is InChI=1S/C23H21N9O2/c1-3-34-23(33)31-22-29-18-10-15(9-17(20(18)30-22)21-25-5-4-6-26-21)16-11-27-19(28-12-16)13-32-8-7-24-14(32)2/h4-12H,3,13H2,1-2H3,(H2,29,30,31,33). The Bertz CT molecular complexity index is 1440. The summed E-state index contributed by atoms with van der Waals surface area (Å²) in [4.78, 5) is 41.5. The zero-order valence-corrected chi connectivity index (χ0v) is 18.6. The Morgan fingerprint density at radius 1 is 1.06 bits per heavy atom. The molecule has 0 spiro atoms. The molecule has 0 bridgehead atoms. The lowest BCUT2D eigenvalue weighted by molar-refractivity contribution is 0.167. The highest BCUT2D eigenvalue weighted by molar-refractivity contribution is 5.96. The summed E-state index contributed by atoms with van der Waals surface area (Å²) in [6.45, 7) is 4.47. The first kappa shape index (κ1) is 21.2. The number of aromatic nitrogens is 8. The van der Waals surface area contributed by atoms with Gasteiger partial charge in [-0.2, -0.15) is 0 Å². The number of benzene rings is 1. The number of carbonyl (C=O) groups is 1. The molecule has 1 amide bonds. The van der Waals surface area contributed by atoms with Crippen molar-refractivity contribution < 1.29 is 9.53 Å². The molecule has 11 nitrogen and oxygen atoms in total. The van der Waals surface area contributed by atoms with Crippen LogP contribution in [0.4, 0.5) is 10.7 Å². The fourth-order valence-corrected chi connectivity index (χ4v) is 3.53. The van der Waals surface area contributed by atoms with Crippen molar-refractivity contribution in [3.05, 3.63) is 67.0 Å². The van der Waals surface area contributed by atoms with Gasteiger partial charge in [0.15, 0.2) is 5.82 Å². The summed E-state index contributed by atoms with van der Waals surface area (Å²) in [5.74, 6) is 2.37. The van der Waals surface area contributed by atoms with Crippen molar-refractivity contribution in [1.29, 1.82) is 0 Å². The summed E-state index contributed by atoms with van der Waals surface area (Å²) in [6, 6.07) is 5.59. The molecule has 0 aliphatic rings. The Morgan fingerprint density at radius 3 is 2.56 bits per heavy atom. The van der Waals surface area contributed by atoms with E-state index >= 15 is 0 Å². The zero-order chi connectivity index (χ0) is 23.5. The van der Waals surface area contributed by atoms with Crippen LogP contribution in [0.5, 0.6) is 0 Å². The SMILES string of the molecule is CCOC(=O)Nc1nc2cc(-c3cnc(Cn4ccnc4C)nc3)cc(-c3ncccn3)c2[nH]1. The van der Waals surface area contributed by atoms with E-state index in [-0.39, 0.29) is 12.6 Å². The van der Waals surface area contributed by atoms with Gasteiger partial charge in [0.25, 0.3) is 0 Å². The van der Waals surface area contributed by atoms with Gasteiger partial charge in [-0.1, -0.05) is 0 Å². The van der Waals surface area contributed by atoms with Gasteiger partial charge in [-0.15, -0.1) is 0 Å². The molecule has 34 heavy (non-hydrogen) atoms. The van der Waals surface area contributed by atoms with E-state index in [9.17, 15) is 4.79 Å². The molecule has 5 aromatic rings. The molecule has 0 unspecified atom stereocenters. The highest BCUT2D eigenvalue weighted by Gasteiger charge is 2.16. The lowest BCUT2D eigenvalue weighted by atomic mass is 10.0. The topological polar surface area (TPSA) is 136 Å². The van der Waals surface area contributed by atoms with E-state index in [0.717, 1.165) is 22.5 Å². The van der Waals surface area contributed by atoms with Crippen molar-refractivity contribution in [1.82, 2.24) is 39.5 Å². The number of amides is 1. The smallest absolute Gasteiger partial charge is 0.413 e. The molecular formula is C23H21N9O2. The van der Waals surface area contributed by atoms with Gasteiger partial charge in [-0.3, -0.25) is 5.32 Å². The minimum Gasteiger partial charge on any atom is -0.450 e. The third-order valence-corrected chi connectivity index (χ3v) is 5.17. The van der Waals surface area contributed by atoms with Gasteiger partial charge in [0.1, 0.15) is 11.6 Å². The van der Waals surface area contributed by atoms with Crippen LogP contribution in [0.15, 0.2) is 55.4 Å². The second-order valence-corrected chi connectivity index (χ2v) is 7.41. The van der Waals surface area contributed by atoms with E-state index in [0.29, 0.717) is 29.2 Å².